The zero-order valence-electron chi connectivity index (χ0n) is 10.7. The molecule has 2 heterocycles. The van der Waals surface area contributed by atoms with Crippen molar-refractivity contribution < 1.29 is 4.79 Å². The van der Waals surface area contributed by atoms with Gasteiger partial charge in [-0.3, -0.25) is 4.79 Å². The number of aromatic nitrogens is 2. The first-order valence-electron chi connectivity index (χ1n) is 5.92. The van der Waals surface area contributed by atoms with Crippen LogP contribution >= 0.6 is 57.6 Å². The average Bonchev–Trinajstić information content (AvgIpc) is 3.10. The number of carbonyl (C=O) groups is 1. The minimum Gasteiger partial charge on any atom is -0.321 e. The number of thiophene rings is 1. The van der Waals surface area contributed by atoms with Crippen LogP contribution in [0.15, 0.2) is 45.1 Å². The number of halogens is 2. The first-order chi connectivity index (χ1) is 10.6. The van der Waals surface area contributed by atoms with E-state index in [1.165, 1.54) is 23.1 Å². The highest BCUT2D eigenvalue weighted by Gasteiger charge is 2.16. The molecule has 0 aliphatic rings. The van der Waals surface area contributed by atoms with Crippen molar-refractivity contribution in [2.45, 2.75) is 9.24 Å². The van der Waals surface area contributed by atoms with Crippen LogP contribution in [0, 0.1) is 0 Å². The normalized spacial score (nSPS) is 10.6. The zero-order valence-corrected chi connectivity index (χ0v) is 14.7. The summed E-state index contributed by atoms with van der Waals surface area (Å²) in [4.78, 5) is 13.2. The molecule has 1 N–H and O–H groups in total. The lowest BCUT2D eigenvalue weighted by atomic mass is 10.3. The van der Waals surface area contributed by atoms with E-state index in [-0.39, 0.29) is 5.91 Å². The summed E-state index contributed by atoms with van der Waals surface area (Å²) in [7, 11) is 0. The standard InChI is InChI=1S/C13H7Cl2N3OS3/c14-10-5-7(11(15)22-10)12(19)17-8-3-1-2-4-9(8)21-13-18-16-6-20-13/h1-6H,(H,17,19). The summed E-state index contributed by atoms with van der Waals surface area (Å²) in [5.41, 5.74) is 2.72. The monoisotopic (exact) mass is 387 g/mol. The van der Waals surface area contributed by atoms with Gasteiger partial charge in [0.25, 0.3) is 5.91 Å². The lowest BCUT2D eigenvalue weighted by molar-refractivity contribution is 0.102. The van der Waals surface area contributed by atoms with Crippen molar-refractivity contribution in [3.63, 3.8) is 0 Å². The highest BCUT2D eigenvalue weighted by molar-refractivity contribution is 8.01. The van der Waals surface area contributed by atoms with Crippen LogP contribution in [-0.4, -0.2) is 16.1 Å². The van der Waals surface area contributed by atoms with Gasteiger partial charge >= 0.3 is 0 Å². The van der Waals surface area contributed by atoms with E-state index < -0.39 is 0 Å². The summed E-state index contributed by atoms with van der Waals surface area (Å²) in [6.45, 7) is 0. The fourth-order valence-electron chi connectivity index (χ4n) is 1.65. The fraction of sp³-hybridized carbons (Fsp3) is 0. The molecule has 0 spiro atoms. The molecule has 4 nitrogen and oxygen atoms in total. The molecule has 0 atom stereocenters. The average molecular weight is 388 g/mol. The van der Waals surface area contributed by atoms with Crippen molar-refractivity contribution in [1.29, 1.82) is 0 Å². The molecule has 0 aliphatic heterocycles. The number of anilines is 1. The molecular weight excluding hydrogens is 381 g/mol. The number of nitrogens with one attached hydrogen (secondary N) is 1. The molecule has 22 heavy (non-hydrogen) atoms. The fourth-order valence-corrected chi connectivity index (χ4v) is 4.62. The maximum atomic E-state index is 12.3. The Morgan fingerprint density at radius 3 is 2.77 bits per heavy atom. The molecule has 3 aromatic rings. The zero-order chi connectivity index (χ0) is 15.5. The number of carbonyl (C=O) groups excluding carboxylic acids is 1. The number of nitrogens with zero attached hydrogens (tertiary/aromatic N) is 2. The third-order valence-electron chi connectivity index (χ3n) is 2.57. The van der Waals surface area contributed by atoms with Crippen LogP contribution in [0.2, 0.25) is 8.67 Å². The van der Waals surface area contributed by atoms with Crippen LogP contribution in [0.5, 0.6) is 0 Å². The second kappa shape index (κ2) is 6.97. The minimum atomic E-state index is -0.293. The summed E-state index contributed by atoms with van der Waals surface area (Å²) >= 11 is 15.9. The van der Waals surface area contributed by atoms with Crippen molar-refractivity contribution in [2.24, 2.45) is 0 Å². The van der Waals surface area contributed by atoms with E-state index in [0.717, 1.165) is 20.6 Å². The smallest absolute Gasteiger partial charge is 0.258 e. The van der Waals surface area contributed by atoms with E-state index in [9.17, 15) is 4.79 Å². The van der Waals surface area contributed by atoms with Crippen molar-refractivity contribution in [2.75, 3.05) is 5.32 Å². The highest BCUT2D eigenvalue weighted by atomic mass is 35.5. The molecule has 0 saturated heterocycles. The summed E-state index contributed by atoms with van der Waals surface area (Å²) in [6.07, 6.45) is 0. The van der Waals surface area contributed by atoms with Crippen molar-refractivity contribution >= 4 is 69.2 Å². The Balaban J connectivity index is 1.83. The molecule has 1 aromatic carbocycles. The molecule has 112 valence electrons. The van der Waals surface area contributed by atoms with Crippen molar-refractivity contribution in [3.8, 4) is 0 Å². The van der Waals surface area contributed by atoms with E-state index in [4.69, 9.17) is 23.2 Å². The molecular formula is C13H7Cl2N3OS3. The van der Waals surface area contributed by atoms with E-state index >= 15 is 0 Å². The molecule has 0 bridgehead atoms. The molecule has 0 radical (unpaired) electrons. The Bertz CT molecular complexity index is 805. The largest absolute Gasteiger partial charge is 0.321 e. The van der Waals surface area contributed by atoms with Gasteiger partial charge in [0.15, 0.2) is 4.34 Å². The van der Waals surface area contributed by atoms with Crippen LogP contribution in [0.25, 0.3) is 0 Å². The Morgan fingerprint density at radius 2 is 2.09 bits per heavy atom. The number of amides is 1. The number of hydrogen-bond acceptors (Lipinski definition) is 6. The summed E-state index contributed by atoms with van der Waals surface area (Å²) in [5, 5.41) is 10.6. The van der Waals surface area contributed by atoms with E-state index in [0.29, 0.717) is 19.9 Å². The van der Waals surface area contributed by atoms with Gasteiger partial charge in [-0.1, -0.05) is 58.4 Å². The molecule has 0 aliphatic carbocycles. The highest BCUT2D eigenvalue weighted by Crippen LogP contribution is 2.35. The summed E-state index contributed by atoms with van der Waals surface area (Å²) in [5.74, 6) is -0.293. The predicted molar refractivity (Wildman–Crippen MR) is 92.8 cm³/mol. The Kier molecular flexibility index (Phi) is 5.00. The number of hydrogen-bond donors (Lipinski definition) is 1. The third kappa shape index (κ3) is 3.61. The van der Waals surface area contributed by atoms with Crippen LogP contribution in [-0.2, 0) is 0 Å². The summed E-state index contributed by atoms with van der Waals surface area (Å²) in [6, 6.07) is 9.03. The first-order valence-corrected chi connectivity index (χ1v) is 9.19. The second-order valence-electron chi connectivity index (χ2n) is 3.99. The van der Waals surface area contributed by atoms with Gasteiger partial charge in [-0.25, -0.2) is 0 Å². The Morgan fingerprint density at radius 1 is 1.27 bits per heavy atom. The van der Waals surface area contributed by atoms with Crippen LogP contribution in [0.1, 0.15) is 10.4 Å². The SMILES string of the molecule is O=C(Nc1ccccc1Sc1nncs1)c1cc(Cl)sc1Cl. The topological polar surface area (TPSA) is 54.9 Å². The first kappa shape index (κ1) is 15.8. The van der Waals surface area contributed by atoms with Gasteiger partial charge in [0.2, 0.25) is 0 Å². The van der Waals surface area contributed by atoms with Crippen LogP contribution < -0.4 is 5.32 Å². The maximum absolute atomic E-state index is 12.3. The van der Waals surface area contributed by atoms with Gasteiger partial charge in [-0.05, 0) is 18.2 Å². The summed E-state index contributed by atoms with van der Waals surface area (Å²) < 4.78 is 1.65. The molecule has 9 heteroatoms. The lowest BCUT2D eigenvalue weighted by Crippen LogP contribution is -2.11. The van der Waals surface area contributed by atoms with Gasteiger partial charge in [-0.2, -0.15) is 0 Å². The van der Waals surface area contributed by atoms with Crippen molar-refractivity contribution in [3.05, 3.63) is 50.1 Å². The van der Waals surface area contributed by atoms with E-state index in [2.05, 4.69) is 15.5 Å². The van der Waals surface area contributed by atoms with E-state index in [1.54, 1.807) is 11.6 Å². The molecule has 0 fully saturated rings. The van der Waals surface area contributed by atoms with Gasteiger partial charge in [0.1, 0.15) is 9.85 Å². The third-order valence-corrected chi connectivity index (χ3v) is 5.92. The van der Waals surface area contributed by atoms with Gasteiger partial charge < -0.3 is 5.32 Å². The van der Waals surface area contributed by atoms with Gasteiger partial charge in [0, 0.05) is 4.90 Å². The molecule has 3 rings (SSSR count). The molecule has 2 aromatic heterocycles. The molecule has 0 unspecified atom stereocenters. The van der Waals surface area contributed by atoms with Crippen molar-refractivity contribution in [1.82, 2.24) is 10.2 Å². The molecule has 0 saturated carbocycles. The van der Waals surface area contributed by atoms with Crippen LogP contribution in [0.3, 0.4) is 0 Å². The van der Waals surface area contributed by atoms with Gasteiger partial charge in [0.05, 0.1) is 15.6 Å². The van der Waals surface area contributed by atoms with Gasteiger partial charge in [-0.15, -0.1) is 21.5 Å². The second-order valence-corrected chi connectivity index (χ2v) is 8.40. The number of benzene rings is 1. The Hall–Kier alpha value is -1.12. The number of rotatable bonds is 4. The number of para-hydroxylation sites is 1. The lowest BCUT2D eigenvalue weighted by Gasteiger charge is -2.09. The van der Waals surface area contributed by atoms with Crippen LogP contribution in [0.4, 0.5) is 5.69 Å². The quantitative estimate of drug-likeness (QED) is 0.658. The Labute approximate surface area is 148 Å². The molecule has 1 amide bonds. The minimum absolute atomic E-state index is 0.293. The maximum Gasteiger partial charge on any atom is 0.258 e. The van der Waals surface area contributed by atoms with E-state index in [1.807, 2.05) is 24.3 Å². The predicted octanol–water partition coefficient (Wildman–Crippen LogP) is 5.31.